The van der Waals surface area contributed by atoms with Gasteiger partial charge in [0, 0.05) is 28.0 Å². The maximum absolute atomic E-state index is 13.2. The van der Waals surface area contributed by atoms with Gasteiger partial charge in [0.05, 0.1) is 0 Å². The molecular weight excluding hydrogens is 285 g/mol. The van der Waals surface area contributed by atoms with Gasteiger partial charge in [-0.2, -0.15) is 0 Å². The molecule has 0 aliphatic heterocycles. The van der Waals surface area contributed by atoms with Gasteiger partial charge in [-0.1, -0.05) is 0 Å². The van der Waals surface area contributed by atoms with Crippen molar-refractivity contribution in [2.45, 2.75) is 6.92 Å². The van der Waals surface area contributed by atoms with E-state index in [9.17, 15) is 9.18 Å². The van der Waals surface area contributed by atoms with Crippen LogP contribution in [-0.2, 0) is 0 Å². The fourth-order valence-corrected chi connectivity index (χ4v) is 1.93. The first-order valence-corrected chi connectivity index (χ1v) is 5.78. The van der Waals surface area contributed by atoms with E-state index in [-0.39, 0.29) is 5.78 Å². The number of aromatic nitrogens is 1. The Morgan fingerprint density at radius 1 is 1.18 bits per heavy atom. The Hall–Kier alpha value is -1.55. The second-order valence-electron chi connectivity index (χ2n) is 3.74. The number of halogens is 2. The SMILES string of the molecule is Cc1cc(F)cc(C(=O)c2cncc(Br)c2)c1. The van der Waals surface area contributed by atoms with E-state index in [1.54, 1.807) is 25.3 Å². The summed E-state index contributed by atoms with van der Waals surface area (Å²) in [4.78, 5) is 16.0. The monoisotopic (exact) mass is 293 g/mol. The molecule has 0 aliphatic carbocycles. The highest BCUT2D eigenvalue weighted by atomic mass is 79.9. The van der Waals surface area contributed by atoms with Gasteiger partial charge in [-0.05, 0) is 52.7 Å². The van der Waals surface area contributed by atoms with E-state index < -0.39 is 5.82 Å². The Morgan fingerprint density at radius 2 is 1.94 bits per heavy atom. The number of benzene rings is 1. The molecule has 86 valence electrons. The Balaban J connectivity index is 2.43. The van der Waals surface area contributed by atoms with Gasteiger partial charge in [0.25, 0.3) is 0 Å². The number of hydrogen-bond acceptors (Lipinski definition) is 2. The molecule has 2 aromatic rings. The third-order valence-electron chi connectivity index (χ3n) is 2.27. The number of hydrogen-bond donors (Lipinski definition) is 0. The highest BCUT2D eigenvalue weighted by Crippen LogP contribution is 2.16. The van der Waals surface area contributed by atoms with E-state index in [1.165, 1.54) is 18.3 Å². The number of carbonyl (C=O) groups excluding carboxylic acids is 1. The minimum absolute atomic E-state index is 0.235. The van der Waals surface area contributed by atoms with E-state index in [1.807, 2.05) is 0 Å². The van der Waals surface area contributed by atoms with Gasteiger partial charge in [-0.15, -0.1) is 0 Å². The van der Waals surface area contributed by atoms with Crippen molar-refractivity contribution in [3.05, 3.63) is 63.6 Å². The van der Waals surface area contributed by atoms with Crippen molar-refractivity contribution in [2.24, 2.45) is 0 Å². The molecule has 2 rings (SSSR count). The minimum Gasteiger partial charge on any atom is -0.289 e. The molecule has 0 saturated heterocycles. The molecule has 0 saturated carbocycles. The minimum atomic E-state index is -0.406. The summed E-state index contributed by atoms with van der Waals surface area (Å²) < 4.78 is 13.9. The number of aryl methyl sites for hydroxylation is 1. The van der Waals surface area contributed by atoms with Crippen LogP contribution in [0.4, 0.5) is 4.39 Å². The lowest BCUT2D eigenvalue weighted by Crippen LogP contribution is -2.03. The number of pyridine rings is 1. The van der Waals surface area contributed by atoms with E-state index in [0.29, 0.717) is 11.1 Å². The predicted octanol–water partition coefficient (Wildman–Crippen LogP) is 3.52. The van der Waals surface area contributed by atoms with Gasteiger partial charge in [0.15, 0.2) is 5.78 Å². The van der Waals surface area contributed by atoms with Crippen LogP contribution in [0.15, 0.2) is 41.1 Å². The average molecular weight is 294 g/mol. The lowest BCUT2D eigenvalue weighted by Gasteiger charge is -2.03. The molecule has 2 nitrogen and oxygen atoms in total. The topological polar surface area (TPSA) is 30.0 Å². The van der Waals surface area contributed by atoms with E-state index in [0.717, 1.165) is 10.0 Å². The molecule has 0 fully saturated rings. The summed E-state index contributed by atoms with van der Waals surface area (Å²) >= 11 is 3.24. The van der Waals surface area contributed by atoms with Crippen molar-refractivity contribution in [3.8, 4) is 0 Å². The fraction of sp³-hybridized carbons (Fsp3) is 0.0769. The number of nitrogens with zero attached hydrogens (tertiary/aromatic N) is 1. The first kappa shape index (κ1) is 11.9. The molecule has 0 aliphatic rings. The van der Waals surface area contributed by atoms with Crippen molar-refractivity contribution in [1.29, 1.82) is 0 Å². The van der Waals surface area contributed by atoms with Gasteiger partial charge in [0.1, 0.15) is 5.82 Å². The molecular formula is C13H9BrFNO. The van der Waals surface area contributed by atoms with Crippen molar-refractivity contribution in [3.63, 3.8) is 0 Å². The summed E-state index contributed by atoms with van der Waals surface area (Å²) in [5, 5.41) is 0. The number of rotatable bonds is 2. The number of carbonyl (C=O) groups is 1. The Labute approximate surface area is 107 Å². The molecule has 0 unspecified atom stereocenters. The fourth-order valence-electron chi connectivity index (χ4n) is 1.57. The van der Waals surface area contributed by atoms with Crippen LogP contribution in [0.3, 0.4) is 0 Å². The summed E-state index contributed by atoms with van der Waals surface area (Å²) in [5.74, 6) is -0.641. The lowest BCUT2D eigenvalue weighted by atomic mass is 10.0. The molecule has 0 atom stereocenters. The predicted molar refractivity (Wildman–Crippen MR) is 66.5 cm³/mol. The molecule has 0 bridgehead atoms. The first-order chi connectivity index (χ1) is 8.06. The largest absolute Gasteiger partial charge is 0.289 e. The van der Waals surface area contributed by atoms with Crippen molar-refractivity contribution in [2.75, 3.05) is 0 Å². The van der Waals surface area contributed by atoms with Crippen LogP contribution in [0.1, 0.15) is 21.5 Å². The van der Waals surface area contributed by atoms with E-state index in [2.05, 4.69) is 20.9 Å². The highest BCUT2D eigenvalue weighted by molar-refractivity contribution is 9.10. The summed E-state index contributed by atoms with van der Waals surface area (Å²) in [7, 11) is 0. The summed E-state index contributed by atoms with van der Waals surface area (Å²) in [5.41, 5.74) is 1.49. The van der Waals surface area contributed by atoms with Crippen LogP contribution in [0.2, 0.25) is 0 Å². The van der Waals surface area contributed by atoms with Gasteiger partial charge in [-0.3, -0.25) is 9.78 Å². The smallest absolute Gasteiger partial charge is 0.194 e. The highest BCUT2D eigenvalue weighted by Gasteiger charge is 2.11. The summed E-state index contributed by atoms with van der Waals surface area (Å²) in [6.45, 7) is 1.75. The summed E-state index contributed by atoms with van der Waals surface area (Å²) in [6, 6.07) is 5.94. The van der Waals surface area contributed by atoms with Crippen molar-refractivity contribution in [1.82, 2.24) is 4.98 Å². The molecule has 0 amide bonds. The van der Waals surface area contributed by atoms with Crippen LogP contribution in [0.25, 0.3) is 0 Å². The van der Waals surface area contributed by atoms with Crippen LogP contribution < -0.4 is 0 Å². The summed E-state index contributed by atoms with van der Waals surface area (Å²) in [6.07, 6.45) is 3.06. The van der Waals surface area contributed by atoms with Crippen LogP contribution in [0, 0.1) is 12.7 Å². The van der Waals surface area contributed by atoms with E-state index in [4.69, 9.17) is 0 Å². The van der Waals surface area contributed by atoms with Crippen LogP contribution >= 0.6 is 15.9 Å². The molecule has 0 radical (unpaired) electrons. The molecule has 1 aromatic carbocycles. The maximum Gasteiger partial charge on any atom is 0.194 e. The second-order valence-corrected chi connectivity index (χ2v) is 4.65. The standard InChI is InChI=1S/C13H9BrFNO/c1-8-2-9(5-12(15)3-8)13(17)10-4-11(14)7-16-6-10/h2-7H,1H3. The van der Waals surface area contributed by atoms with Crippen molar-refractivity contribution < 1.29 is 9.18 Å². The quantitative estimate of drug-likeness (QED) is 0.793. The molecule has 17 heavy (non-hydrogen) atoms. The zero-order valence-corrected chi connectivity index (χ0v) is 10.7. The molecule has 1 heterocycles. The third-order valence-corrected chi connectivity index (χ3v) is 2.71. The molecule has 0 N–H and O–H groups in total. The Bertz CT molecular complexity index is 563. The Morgan fingerprint density at radius 3 is 2.59 bits per heavy atom. The zero-order chi connectivity index (χ0) is 12.4. The van der Waals surface area contributed by atoms with Gasteiger partial charge < -0.3 is 0 Å². The first-order valence-electron chi connectivity index (χ1n) is 4.99. The third kappa shape index (κ3) is 2.77. The molecule has 4 heteroatoms. The maximum atomic E-state index is 13.2. The van der Waals surface area contributed by atoms with Crippen LogP contribution in [0.5, 0.6) is 0 Å². The number of ketones is 1. The van der Waals surface area contributed by atoms with Gasteiger partial charge in [0.2, 0.25) is 0 Å². The Kier molecular flexibility index (Phi) is 3.33. The zero-order valence-electron chi connectivity index (χ0n) is 9.08. The van der Waals surface area contributed by atoms with Gasteiger partial charge in [-0.25, -0.2) is 4.39 Å². The normalized spacial score (nSPS) is 10.3. The lowest BCUT2D eigenvalue weighted by molar-refractivity contribution is 0.103. The van der Waals surface area contributed by atoms with Crippen LogP contribution in [-0.4, -0.2) is 10.8 Å². The van der Waals surface area contributed by atoms with Crippen molar-refractivity contribution >= 4 is 21.7 Å². The molecule has 0 spiro atoms. The second kappa shape index (κ2) is 4.75. The molecule has 1 aromatic heterocycles. The van der Waals surface area contributed by atoms with Gasteiger partial charge >= 0.3 is 0 Å². The van der Waals surface area contributed by atoms with E-state index >= 15 is 0 Å². The average Bonchev–Trinajstić information content (AvgIpc) is 2.26.